The number of hydrogen-bond acceptors (Lipinski definition) is 3. The summed E-state index contributed by atoms with van der Waals surface area (Å²) in [6.45, 7) is 8.08. The first-order chi connectivity index (χ1) is 10.1. The number of para-hydroxylation sites is 1. The van der Waals surface area contributed by atoms with Crippen LogP contribution in [0.4, 0.5) is 0 Å². The molecule has 1 N–H and O–H groups in total. The summed E-state index contributed by atoms with van der Waals surface area (Å²) < 4.78 is 11.8. The second-order valence-corrected chi connectivity index (χ2v) is 6.05. The van der Waals surface area contributed by atoms with Crippen molar-refractivity contribution >= 4 is 0 Å². The summed E-state index contributed by atoms with van der Waals surface area (Å²) in [5, 5.41) is 3.49. The summed E-state index contributed by atoms with van der Waals surface area (Å²) in [5.41, 5.74) is 1.23. The van der Waals surface area contributed by atoms with E-state index in [4.69, 9.17) is 9.47 Å². The van der Waals surface area contributed by atoms with E-state index in [2.05, 4.69) is 44.3 Å². The number of benzene rings is 1. The summed E-state index contributed by atoms with van der Waals surface area (Å²) in [7, 11) is 2.04. The SMILES string of the molecule is CCOC(C)(CC)C(CC1CCOc2ccccc21)NC. The minimum Gasteiger partial charge on any atom is -0.493 e. The predicted molar refractivity (Wildman–Crippen MR) is 87.1 cm³/mol. The van der Waals surface area contributed by atoms with Gasteiger partial charge in [0.15, 0.2) is 0 Å². The first kappa shape index (κ1) is 16.3. The van der Waals surface area contributed by atoms with E-state index in [0.29, 0.717) is 12.0 Å². The van der Waals surface area contributed by atoms with Crippen molar-refractivity contribution in [2.24, 2.45) is 0 Å². The molecular formula is C18H29NO2. The van der Waals surface area contributed by atoms with Crippen LogP contribution in [0.3, 0.4) is 0 Å². The van der Waals surface area contributed by atoms with Crippen LogP contribution in [0.15, 0.2) is 24.3 Å². The van der Waals surface area contributed by atoms with Crippen LogP contribution >= 0.6 is 0 Å². The number of fused-ring (bicyclic) bond motifs is 1. The monoisotopic (exact) mass is 291 g/mol. The summed E-state index contributed by atoms with van der Waals surface area (Å²) in [6, 6.07) is 8.79. The molecule has 1 aromatic carbocycles. The maximum Gasteiger partial charge on any atom is 0.122 e. The molecule has 1 heterocycles. The third-order valence-corrected chi connectivity index (χ3v) is 4.86. The van der Waals surface area contributed by atoms with Crippen LogP contribution in [0.5, 0.6) is 5.75 Å². The fourth-order valence-electron chi connectivity index (χ4n) is 3.40. The molecule has 1 aliphatic heterocycles. The van der Waals surface area contributed by atoms with E-state index in [-0.39, 0.29) is 5.60 Å². The zero-order valence-electron chi connectivity index (χ0n) is 13.8. The molecule has 3 heteroatoms. The maximum absolute atomic E-state index is 6.07. The predicted octanol–water partition coefficient (Wildman–Crippen LogP) is 3.74. The zero-order valence-corrected chi connectivity index (χ0v) is 13.8. The van der Waals surface area contributed by atoms with E-state index >= 15 is 0 Å². The largest absolute Gasteiger partial charge is 0.493 e. The second-order valence-electron chi connectivity index (χ2n) is 6.05. The smallest absolute Gasteiger partial charge is 0.122 e. The Morgan fingerprint density at radius 3 is 2.81 bits per heavy atom. The van der Waals surface area contributed by atoms with E-state index in [1.807, 2.05) is 13.1 Å². The maximum atomic E-state index is 6.07. The van der Waals surface area contributed by atoms with Gasteiger partial charge in [-0.1, -0.05) is 25.1 Å². The molecule has 1 aromatic rings. The van der Waals surface area contributed by atoms with E-state index in [1.54, 1.807) is 0 Å². The highest BCUT2D eigenvalue weighted by Gasteiger charge is 2.35. The fraction of sp³-hybridized carbons (Fsp3) is 0.667. The lowest BCUT2D eigenvalue weighted by Crippen LogP contribution is -2.50. The molecule has 0 radical (unpaired) electrons. The molecule has 0 saturated carbocycles. The highest BCUT2D eigenvalue weighted by atomic mass is 16.5. The van der Waals surface area contributed by atoms with Crippen molar-refractivity contribution in [3.8, 4) is 5.75 Å². The van der Waals surface area contributed by atoms with Gasteiger partial charge in [-0.3, -0.25) is 0 Å². The van der Waals surface area contributed by atoms with Gasteiger partial charge in [-0.25, -0.2) is 0 Å². The molecule has 3 atom stereocenters. The molecule has 0 fully saturated rings. The Hall–Kier alpha value is -1.06. The van der Waals surface area contributed by atoms with Crippen LogP contribution in [0, 0.1) is 0 Å². The van der Waals surface area contributed by atoms with Gasteiger partial charge in [0.1, 0.15) is 5.75 Å². The van der Waals surface area contributed by atoms with Crippen LogP contribution in [0.1, 0.15) is 51.5 Å². The molecule has 0 amide bonds. The minimum atomic E-state index is -0.114. The highest BCUT2D eigenvalue weighted by Crippen LogP contribution is 2.38. The molecular weight excluding hydrogens is 262 g/mol. The quantitative estimate of drug-likeness (QED) is 0.830. The Morgan fingerprint density at radius 1 is 1.38 bits per heavy atom. The van der Waals surface area contributed by atoms with Crippen molar-refractivity contribution in [3.63, 3.8) is 0 Å². The summed E-state index contributed by atoms with van der Waals surface area (Å²) >= 11 is 0. The summed E-state index contributed by atoms with van der Waals surface area (Å²) in [5.74, 6) is 1.59. The lowest BCUT2D eigenvalue weighted by Gasteiger charge is -2.39. The highest BCUT2D eigenvalue weighted by molar-refractivity contribution is 5.37. The Balaban J connectivity index is 2.16. The Bertz CT molecular complexity index is 449. The minimum absolute atomic E-state index is 0.114. The van der Waals surface area contributed by atoms with Gasteiger partial charge in [0.25, 0.3) is 0 Å². The third kappa shape index (κ3) is 3.58. The van der Waals surface area contributed by atoms with Gasteiger partial charge in [0.05, 0.1) is 12.2 Å². The normalized spacial score (nSPS) is 22.0. The average molecular weight is 291 g/mol. The van der Waals surface area contributed by atoms with Gasteiger partial charge < -0.3 is 14.8 Å². The third-order valence-electron chi connectivity index (χ3n) is 4.86. The lowest BCUT2D eigenvalue weighted by molar-refractivity contribution is -0.0573. The van der Waals surface area contributed by atoms with Gasteiger partial charge in [-0.2, -0.15) is 0 Å². The van der Waals surface area contributed by atoms with Crippen LogP contribution in [0.2, 0.25) is 0 Å². The van der Waals surface area contributed by atoms with Crippen molar-refractivity contribution < 1.29 is 9.47 Å². The fourth-order valence-corrected chi connectivity index (χ4v) is 3.40. The summed E-state index contributed by atoms with van der Waals surface area (Å²) in [6.07, 6.45) is 3.18. The van der Waals surface area contributed by atoms with Crippen LogP contribution < -0.4 is 10.1 Å². The number of rotatable bonds is 7. The summed E-state index contributed by atoms with van der Waals surface area (Å²) in [4.78, 5) is 0. The molecule has 21 heavy (non-hydrogen) atoms. The number of ether oxygens (including phenoxy) is 2. The molecule has 2 rings (SSSR count). The molecule has 0 saturated heterocycles. The van der Waals surface area contributed by atoms with Gasteiger partial charge in [-0.05, 0) is 57.7 Å². The standard InChI is InChI=1S/C18H29NO2/c1-5-18(3,21-6-2)17(19-4)13-14-11-12-20-16-10-8-7-9-15(14)16/h7-10,14,17,19H,5-6,11-13H2,1-4H3. The molecule has 0 bridgehead atoms. The van der Waals surface area contributed by atoms with Crippen molar-refractivity contribution in [1.82, 2.24) is 5.32 Å². The first-order valence-electron chi connectivity index (χ1n) is 8.17. The van der Waals surface area contributed by atoms with E-state index in [0.717, 1.165) is 38.2 Å². The van der Waals surface area contributed by atoms with Gasteiger partial charge in [0.2, 0.25) is 0 Å². The van der Waals surface area contributed by atoms with Crippen LogP contribution in [-0.4, -0.2) is 31.9 Å². The molecule has 3 nitrogen and oxygen atoms in total. The van der Waals surface area contributed by atoms with Gasteiger partial charge in [0, 0.05) is 12.6 Å². The number of likely N-dealkylation sites (N-methyl/N-ethyl adjacent to an activating group) is 1. The molecule has 0 spiro atoms. The topological polar surface area (TPSA) is 30.5 Å². The van der Waals surface area contributed by atoms with Crippen LogP contribution in [-0.2, 0) is 4.74 Å². The zero-order chi connectivity index (χ0) is 15.3. The molecule has 3 unspecified atom stereocenters. The van der Waals surface area contributed by atoms with E-state index < -0.39 is 0 Å². The van der Waals surface area contributed by atoms with Crippen molar-refractivity contribution in [1.29, 1.82) is 0 Å². The number of hydrogen-bond donors (Lipinski definition) is 1. The molecule has 0 aromatic heterocycles. The van der Waals surface area contributed by atoms with Crippen molar-refractivity contribution in [2.75, 3.05) is 20.3 Å². The molecule has 1 aliphatic rings. The Kier molecular flexibility index (Phi) is 5.65. The first-order valence-corrected chi connectivity index (χ1v) is 8.17. The number of nitrogens with one attached hydrogen (secondary N) is 1. The Labute approximate surface area is 129 Å². The lowest BCUT2D eigenvalue weighted by atomic mass is 9.81. The average Bonchev–Trinajstić information content (AvgIpc) is 2.52. The van der Waals surface area contributed by atoms with Gasteiger partial charge in [-0.15, -0.1) is 0 Å². The van der Waals surface area contributed by atoms with E-state index in [9.17, 15) is 0 Å². The Morgan fingerprint density at radius 2 is 2.14 bits per heavy atom. The molecule has 118 valence electrons. The molecule has 0 aliphatic carbocycles. The van der Waals surface area contributed by atoms with Crippen LogP contribution in [0.25, 0.3) is 0 Å². The van der Waals surface area contributed by atoms with Crippen molar-refractivity contribution in [2.45, 2.75) is 57.6 Å². The van der Waals surface area contributed by atoms with E-state index in [1.165, 1.54) is 5.56 Å². The van der Waals surface area contributed by atoms with Crippen molar-refractivity contribution in [3.05, 3.63) is 29.8 Å². The second kappa shape index (κ2) is 7.28. The van der Waals surface area contributed by atoms with Gasteiger partial charge >= 0.3 is 0 Å².